The van der Waals surface area contributed by atoms with Gasteiger partial charge in [-0.1, -0.05) is 19.9 Å². The van der Waals surface area contributed by atoms with E-state index in [0.717, 1.165) is 19.6 Å². The maximum absolute atomic E-state index is 11.9. The Hall–Kier alpha value is -2.28. The Kier molecular flexibility index (Phi) is 8.64. The molecule has 1 aromatic carbocycles. The lowest BCUT2D eigenvalue weighted by Crippen LogP contribution is -2.36. The first-order valence-electron chi connectivity index (χ1n) is 8.16. The molecule has 0 saturated heterocycles. The molecule has 0 aliphatic rings. The number of hydrogen-bond acceptors (Lipinski definition) is 4. The smallest absolute Gasteiger partial charge is 0.319 e. The maximum Gasteiger partial charge on any atom is 0.319 e. The van der Waals surface area contributed by atoms with Crippen LogP contribution in [0, 0.1) is 0 Å². The molecule has 0 atom stereocenters. The first-order valence-corrected chi connectivity index (χ1v) is 8.16. The molecule has 0 spiro atoms. The number of carbonyl (C=O) groups excluding carboxylic acids is 2. The van der Waals surface area contributed by atoms with Crippen LogP contribution >= 0.6 is 0 Å². The number of benzene rings is 1. The van der Waals surface area contributed by atoms with Crippen LogP contribution in [0.25, 0.3) is 0 Å². The van der Waals surface area contributed by atoms with E-state index in [2.05, 4.69) is 29.4 Å². The van der Waals surface area contributed by atoms with Gasteiger partial charge in [0.2, 0.25) is 0 Å². The van der Waals surface area contributed by atoms with Gasteiger partial charge in [-0.05, 0) is 25.2 Å². The first-order chi connectivity index (χ1) is 11.5. The Bertz CT molecular complexity index is 530. The van der Waals surface area contributed by atoms with Gasteiger partial charge in [-0.25, -0.2) is 4.79 Å². The van der Waals surface area contributed by atoms with Gasteiger partial charge in [0.05, 0.1) is 0 Å². The van der Waals surface area contributed by atoms with Gasteiger partial charge in [0, 0.05) is 38.9 Å². The van der Waals surface area contributed by atoms with E-state index < -0.39 is 0 Å². The highest BCUT2D eigenvalue weighted by Gasteiger charge is 2.07. The van der Waals surface area contributed by atoms with Gasteiger partial charge >= 0.3 is 6.03 Å². The average Bonchev–Trinajstić information content (AvgIpc) is 2.56. The van der Waals surface area contributed by atoms with Crippen molar-refractivity contribution in [2.45, 2.75) is 13.8 Å². The number of amides is 3. The van der Waals surface area contributed by atoms with Crippen molar-refractivity contribution in [3.8, 4) is 5.75 Å². The highest BCUT2D eigenvalue weighted by molar-refractivity contribution is 5.89. The summed E-state index contributed by atoms with van der Waals surface area (Å²) in [5.74, 6) is 0.411. The van der Waals surface area contributed by atoms with Crippen LogP contribution in [0.2, 0.25) is 0 Å². The summed E-state index contributed by atoms with van der Waals surface area (Å²) in [4.78, 5) is 27.1. The Morgan fingerprint density at radius 3 is 2.50 bits per heavy atom. The average molecular weight is 336 g/mol. The quantitative estimate of drug-likeness (QED) is 0.719. The second-order valence-electron chi connectivity index (χ2n) is 5.51. The van der Waals surface area contributed by atoms with Gasteiger partial charge in [-0.2, -0.15) is 0 Å². The van der Waals surface area contributed by atoms with Crippen molar-refractivity contribution in [3.05, 3.63) is 24.3 Å². The van der Waals surface area contributed by atoms with Crippen molar-refractivity contribution in [2.75, 3.05) is 52.2 Å². The summed E-state index contributed by atoms with van der Waals surface area (Å²) in [5.41, 5.74) is 0.616. The zero-order valence-electron chi connectivity index (χ0n) is 15.0. The first kappa shape index (κ1) is 19.8. The molecule has 1 aromatic rings. The van der Waals surface area contributed by atoms with Crippen LogP contribution in [-0.4, -0.2) is 68.6 Å². The fourth-order valence-electron chi connectivity index (χ4n) is 1.98. The van der Waals surface area contributed by atoms with Crippen molar-refractivity contribution < 1.29 is 14.3 Å². The Morgan fingerprint density at radius 2 is 1.88 bits per heavy atom. The number of likely N-dealkylation sites (N-methyl/N-ethyl adjacent to an activating group) is 2. The molecule has 0 aliphatic carbocycles. The monoisotopic (exact) mass is 336 g/mol. The number of ether oxygens (including phenoxy) is 1. The van der Waals surface area contributed by atoms with Crippen molar-refractivity contribution in [3.63, 3.8) is 0 Å². The molecule has 0 saturated carbocycles. The van der Waals surface area contributed by atoms with Crippen LogP contribution in [-0.2, 0) is 4.79 Å². The Labute approximate surface area is 144 Å². The molecule has 0 radical (unpaired) electrons. The lowest BCUT2D eigenvalue weighted by Gasteiger charge is -2.18. The lowest BCUT2D eigenvalue weighted by atomic mass is 10.3. The number of rotatable bonds is 9. The van der Waals surface area contributed by atoms with Crippen molar-refractivity contribution in [1.82, 2.24) is 15.1 Å². The third-order valence-electron chi connectivity index (χ3n) is 3.56. The molecule has 0 bridgehead atoms. The van der Waals surface area contributed by atoms with Crippen LogP contribution in [0.1, 0.15) is 13.8 Å². The zero-order valence-corrected chi connectivity index (χ0v) is 15.0. The summed E-state index contributed by atoms with van der Waals surface area (Å²) < 4.78 is 5.42. The minimum Gasteiger partial charge on any atom is -0.484 e. The van der Waals surface area contributed by atoms with Gasteiger partial charge < -0.3 is 25.2 Å². The maximum atomic E-state index is 11.9. The molecule has 0 unspecified atom stereocenters. The van der Waals surface area contributed by atoms with E-state index in [9.17, 15) is 9.59 Å². The van der Waals surface area contributed by atoms with Crippen molar-refractivity contribution in [1.29, 1.82) is 0 Å². The molecule has 3 amide bonds. The van der Waals surface area contributed by atoms with Crippen LogP contribution in [0.15, 0.2) is 24.3 Å². The minimum atomic E-state index is -0.260. The summed E-state index contributed by atoms with van der Waals surface area (Å²) in [6.07, 6.45) is 0. The molecule has 7 nitrogen and oxygen atoms in total. The third-order valence-corrected chi connectivity index (χ3v) is 3.56. The topological polar surface area (TPSA) is 73.9 Å². The molecule has 0 aliphatic heterocycles. The summed E-state index contributed by atoms with van der Waals surface area (Å²) in [6, 6.07) is 6.70. The molecule has 7 heteroatoms. The Balaban J connectivity index is 2.43. The summed E-state index contributed by atoms with van der Waals surface area (Å²) >= 11 is 0. The van der Waals surface area contributed by atoms with E-state index in [0.29, 0.717) is 18.0 Å². The van der Waals surface area contributed by atoms with Gasteiger partial charge in [-0.15, -0.1) is 0 Å². The normalized spacial score (nSPS) is 10.4. The molecule has 2 N–H and O–H groups in total. The molecule has 24 heavy (non-hydrogen) atoms. The Morgan fingerprint density at radius 1 is 1.17 bits per heavy atom. The highest BCUT2D eigenvalue weighted by atomic mass is 16.5. The largest absolute Gasteiger partial charge is 0.484 e. The van der Waals surface area contributed by atoms with E-state index in [1.54, 1.807) is 38.4 Å². The number of nitrogens with zero attached hydrogens (tertiary/aromatic N) is 2. The van der Waals surface area contributed by atoms with E-state index in [-0.39, 0.29) is 18.5 Å². The fourth-order valence-corrected chi connectivity index (χ4v) is 1.98. The van der Waals surface area contributed by atoms with Crippen LogP contribution < -0.4 is 15.4 Å². The number of nitrogens with one attached hydrogen (secondary N) is 2. The molecule has 0 aromatic heterocycles. The molecular formula is C17H28N4O3. The summed E-state index contributed by atoms with van der Waals surface area (Å²) in [7, 11) is 3.35. The van der Waals surface area contributed by atoms with Gasteiger partial charge in [0.1, 0.15) is 5.75 Å². The number of urea groups is 1. The molecule has 0 heterocycles. The van der Waals surface area contributed by atoms with E-state index >= 15 is 0 Å². The van der Waals surface area contributed by atoms with Crippen LogP contribution in [0.3, 0.4) is 0 Å². The highest BCUT2D eigenvalue weighted by Crippen LogP contribution is 2.17. The fraction of sp³-hybridized carbons (Fsp3) is 0.529. The van der Waals surface area contributed by atoms with E-state index in [4.69, 9.17) is 4.74 Å². The number of carbonyl (C=O) groups is 2. The lowest BCUT2D eigenvalue weighted by molar-refractivity contribution is -0.130. The number of hydrogen-bond donors (Lipinski definition) is 2. The van der Waals surface area contributed by atoms with Crippen molar-refractivity contribution in [2.24, 2.45) is 0 Å². The van der Waals surface area contributed by atoms with E-state index in [1.807, 2.05) is 0 Å². The molecule has 134 valence electrons. The number of anilines is 1. The van der Waals surface area contributed by atoms with Crippen molar-refractivity contribution >= 4 is 17.6 Å². The third kappa shape index (κ3) is 7.32. The second kappa shape index (κ2) is 10.5. The summed E-state index contributed by atoms with van der Waals surface area (Å²) in [5, 5.41) is 5.58. The molecular weight excluding hydrogens is 308 g/mol. The second-order valence-corrected chi connectivity index (χ2v) is 5.51. The summed E-state index contributed by atoms with van der Waals surface area (Å²) in [6.45, 7) is 7.48. The minimum absolute atomic E-state index is 0.0352. The van der Waals surface area contributed by atoms with Gasteiger partial charge in [-0.3, -0.25) is 4.79 Å². The SMILES string of the molecule is CCN(CC)CCNC(=O)Nc1cccc(OCC(=O)N(C)C)c1. The van der Waals surface area contributed by atoms with Gasteiger partial charge in [0.25, 0.3) is 5.91 Å². The van der Waals surface area contributed by atoms with E-state index in [1.165, 1.54) is 4.90 Å². The predicted octanol–water partition coefficient (Wildman–Crippen LogP) is 1.62. The standard InChI is InChI=1S/C17H28N4O3/c1-5-21(6-2)11-10-18-17(23)19-14-8-7-9-15(12-14)24-13-16(22)20(3)4/h7-9,12H,5-6,10-11,13H2,1-4H3,(H2,18,19,23). The predicted molar refractivity (Wildman–Crippen MR) is 95.4 cm³/mol. The molecule has 0 fully saturated rings. The molecule has 1 rings (SSSR count). The van der Waals surface area contributed by atoms with Crippen LogP contribution in [0.5, 0.6) is 5.75 Å². The van der Waals surface area contributed by atoms with Gasteiger partial charge in [0.15, 0.2) is 6.61 Å². The zero-order chi connectivity index (χ0) is 17.9. The van der Waals surface area contributed by atoms with Crippen LogP contribution in [0.4, 0.5) is 10.5 Å².